The summed E-state index contributed by atoms with van der Waals surface area (Å²) >= 11 is 0. The van der Waals surface area contributed by atoms with Crippen LogP contribution in [-0.4, -0.2) is 6.71 Å². The number of aryl methyl sites for hydroxylation is 4. The fourth-order valence-electron chi connectivity index (χ4n) is 9.02. The monoisotopic (exact) mass is 698 g/mol. The Morgan fingerprint density at radius 3 is 1.70 bits per heavy atom. The number of fused-ring (bicyclic) bond motifs is 7. The van der Waals surface area contributed by atoms with Crippen molar-refractivity contribution in [1.29, 1.82) is 0 Å². The van der Waals surface area contributed by atoms with Crippen molar-refractivity contribution in [1.82, 2.24) is 0 Å². The third-order valence-electron chi connectivity index (χ3n) is 11.9. The topological polar surface area (TPSA) is 19.6 Å². The Morgan fingerprint density at radius 1 is 0.444 bits per heavy atom. The quantitative estimate of drug-likeness (QED) is 0.155. The van der Waals surface area contributed by atoms with Gasteiger partial charge in [-0.25, -0.2) is 0 Å². The van der Waals surface area contributed by atoms with Crippen LogP contribution in [0.3, 0.4) is 0 Å². The summed E-state index contributed by atoms with van der Waals surface area (Å²) in [6.45, 7) is 9.10. The zero-order chi connectivity index (χ0) is 36.5. The van der Waals surface area contributed by atoms with Crippen molar-refractivity contribution in [2.45, 2.75) is 53.4 Å². The zero-order valence-corrected chi connectivity index (χ0v) is 31.5. The summed E-state index contributed by atoms with van der Waals surface area (Å²) in [5.41, 5.74) is 21.0. The van der Waals surface area contributed by atoms with Crippen LogP contribution < -0.4 is 26.2 Å². The Bertz CT molecular complexity index is 2740. The van der Waals surface area contributed by atoms with Crippen LogP contribution in [0.1, 0.15) is 49.9 Å². The summed E-state index contributed by atoms with van der Waals surface area (Å²) in [5, 5.41) is 2.30. The van der Waals surface area contributed by atoms with Gasteiger partial charge in [0.25, 0.3) is 6.71 Å². The Balaban J connectivity index is 1.25. The van der Waals surface area contributed by atoms with Crippen LogP contribution in [0.4, 0.5) is 34.1 Å². The minimum atomic E-state index is 0.104. The van der Waals surface area contributed by atoms with E-state index in [1.807, 2.05) is 6.07 Å². The smallest absolute Gasteiger partial charge is 0.252 e. The predicted octanol–water partition coefficient (Wildman–Crippen LogP) is 11.6. The highest BCUT2D eigenvalue weighted by Gasteiger charge is 2.43. The first-order valence-electron chi connectivity index (χ1n) is 19.7. The Kier molecular flexibility index (Phi) is 7.76. The van der Waals surface area contributed by atoms with Gasteiger partial charge in [0, 0.05) is 44.8 Å². The third kappa shape index (κ3) is 4.96. The predicted molar refractivity (Wildman–Crippen MR) is 231 cm³/mol. The number of benzene rings is 7. The molecule has 0 N–H and O–H groups in total. The fourth-order valence-corrected chi connectivity index (χ4v) is 9.02. The van der Waals surface area contributed by atoms with Crippen LogP contribution in [0.15, 0.2) is 144 Å². The second-order valence-electron chi connectivity index (χ2n) is 14.8. The standard InChI is InChI=1S/C50H43BN2O/c1-5-32-16-22-37(23-17-32)52-44-26-19-34(7-3)29-41(44)51-42-30-35(8-4)20-27-45(42)53(47-14-11-13-46(52)50(47)51)43-25-18-33(6-2)28-40(43)36-21-24-39-38-12-9-10-15-48(38)54-49(39)31-36/h9-31H,5-8H2,1-4H3. The lowest BCUT2D eigenvalue weighted by molar-refractivity contribution is 0.669. The molecule has 262 valence electrons. The van der Waals surface area contributed by atoms with Crippen molar-refractivity contribution in [2.75, 3.05) is 9.80 Å². The van der Waals surface area contributed by atoms with Crippen molar-refractivity contribution in [3.63, 3.8) is 0 Å². The number of para-hydroxylation sites is 1. The van der Waals surface area contributed by atoms with Gasteiger partial charge in [-0.15, -0.1) is 0 Å². The number of rotatable bonds is 7. The average Bonchev–Trinajstić information content (AvgIpc) is 3.61. The molecule has 4 heteroatoms. The molecule has 7 aromatic carbocycles. The molecule has 3 heterocycles. The Morgan fingerprint density at radius 2 is 1.02 bits per heavy atom. The van der Waals surface area contributed by atoms with E-state index in [-0.39, 0.29) is 6.71 Å². The second kappa shape index (κ2) is 12.8. The summed E-state index contributed by atoms with van der Waals surface area (Å²) in [5.74, 6) is 0. The van der Waals surface area contributed by atoms with E-state index >= 15 is 0 Å². The highest BCUT2D eigenvalue weighted by atomic mass is 16.3. The van der Waals surface area contributed by atoms with E-state index in [1.165, 1.54) is 78.3 Å². The SMILES string of the molecule is CCc1ccc(N2c3ccc(CC)cc3B3c4cc(CC)ccc4N(c4ccc(CC)cc4-c4ccc5c(c4)oc4ccccc45)c4cccc2c43)cc1. The maximum atomic E-state index is 6.45. The molecule has 0 saturated carbocycles. The number of furan rings is 1. The molecule has 0 aliphatic carbocycles. The van der Waals surface area contributed by atoms with Gasteiger partial charge in [0.05, 0.1) is 5.69 Å². The minimum absolute atomic E-state index is 0.104. The van der Waals surface area contributed by atoms with Crippen LogP contribution in [0.25, 0.3) is 33.1 Å². The molecule has 0 radical (unpaired) electrons. The lowest BCUT2D eigenvalue weighted by atomic mass is 9.33. The lowest BCUT2D eigenvalue weighted by Gasteiger charge is -2.44. The molecule has 0 spiro atoms. The molecular weight excluding hydrogens is 655 g/mol. The van der Waals surface area contributed by atoms with Gasteiger partial charge in [0.2, 0.25) is 0 Å². The van der Waals surface area contributed by atoms with Crippen LogP contribution >= 0.6 is 0 Å². The largest absolute Gasteiger partial charge is 0.456 e. The Labute approximate surface area is 318 Å². The van der Waals surface area contributed by atoms with Gasteiger partial charge in [0.1, 0.15) is 11.2 Å². The van der Waals surface area contributed by atoms with Crippen molar-refractivity contribution >= 4 is 79.2 Å². The van der Waals surface area contributed by atoms with Gasteiger partial charge in [-0.1, -0.05) is 100 Å². The van der Waals surface area contributed by atoms with Crippen LogP contribution in [0.2, 0.25) is 0 Å². The summed E-state index contributed by atoms with van der Waals surface area (Å²) in [6, 6.07) is 52.6. The minimum Gasteiger partial charge on any atom is -0.456 e. The molecule has 0 bridgehead atoms. The summed E-state index contributed by atoms with van der Waals surface area (Å²) < 4.78 is 6.45. The molecule has 0 atom stereocenters. The van der Waals surface area contributed by atoms with Crippen molar-refractivity contribution in [2.24, 2.45) is 0 Å². The van der Waals surface area contributed by atoms with Crippen LogP contribution in [0.5, 0.6) is 0 Å². The van der Waals surface area contributed by atoms with Crippen LogP contribution in [0, 0.1) is 0 Å². The summed E-state index contributed by atoms with van der Waals surface area (Å²) in [7, 11) is 0. The van der Waals surface area contributed by atoms with E-state index in [0.29, 0.717) is 0 Å². The van der Waals surface area contributed by atoms with Gasteiger partial charge in [0.15, 0.2) is 0 Å². The maximum Gasteiger partial charge on any atom is 0.252 e. The van der Waals surface area contributed by atoms with Crippen LogP contribution in [-0.2, 0) is 25.7 Å². The van der Waals surface area contributed by atoms with E-state index in [4.69, 9.17) is 4.42 Å². The number of hydrogen-bond acceptors (Lipinski definition) is 3. The highest BCUT2D eigenvalue weighted by molar-refractivity contribution is 7.00. The second-order valence-corrected chi connectivity index (χ2v) is 14.8. The van der Waals surface area contributed by atoms with E-state index in [9.17, 15) is 0 Å². The van der Waals surface area contributed by atoms with Gasteiger partial charge in [-0.05, 0) is 137 Å². The number of hydrogen-bond donors (Lipinski definition) is 0. The van der Waals surface area contributed by atoms with E-state index in [2.05, 4.69) is 171 Å². The van der Waals surface area contributed by atoms with Crippen molar-refractivity contribution < 1.29 is 4.42 Å². The fraction of sp³-hybridized carbons (Fsp3) is 0.160. The first-order valence-corrected chi connectivity index (χ1v) is 19.7. The number of anilines is 6. The molecule has 3 nitrogen and oxygen atoms in total. The Hall–Kier alpha value is -6.00. The zero-order valence-electron chi connectivity index (χ0n) is 31.5. The first kappa shape index (κ1) is 32.6. The van der Waals surface area contributed by atoms with Crippen molar-refractivity contribution in [3.05, 3.63) is 162 Å². The molecule has 54 heavy (non-hydrogen) atoms. The molecule has 10 rings (SSSR count). The normalized spacial score (nSPS) is 13.0. The molecule has 0 amide bonds. The average molecular weight is 699 g/mol. The molecule has 1 aromatic heterocycles. The molecule has 2 aliphatic heterocycles. The van der Waals surface area contributed by atoms with Gasteiger partial charge >= 0.3 is 0 Å². The van der Waals surface area contributed by atoms with Gasteiger partial charge in [-0.2, -0.15) is 0 Å². The number of nitrogens with zero attached hydrogens (tertiary/aromatic N) is 2. The highest BCUT2D eigenvalue weighted by Crippen LogP contribution is 2.47. The molecular formula is C50H43BN2O. The van der Waals surface area contributed by atoms with E-state index in [1.54, 1.807) is 0 Å². The van der Waals surface area contributed by atoms with Gasteiger partial charge in [-0.3, -0.25) is 0 Å². The third-order valence-corrected chi connectivity index (χ3v) is 11.9. The molecule has 8 aromatic rings. The molecule has 0 fully saturated rings. The summed E-state index contributed by atoms with van der Waals surface area (Å²) in [4.78, 5) is 5.06. The lowest BCUT2D eigenvalue weighted by Crippen LogP contribution is -2.61. The summed E-state index contributed by atoms with van der Waals surface area (Å²) in [6.07, 6.45) is 3.96. The molecule has 0 saturated heterocycles. The maximum absolute atomic E-state index is 6.45. The molecule has 0 unspecified atom stereocenters. The van der Waals surface area contributed by atoms with Gasteiger partial charge < -0.3 is 14.2 Å². The van der Waals surface area contributed by atoms with E-state index in [0.717, 1.165) is 53.2 Å². The van der Waals surface area contributed by atoms with E-state index < -0.39 is 0 Å². The van der Waals surface area contributed by atoms with Crippen molar-refractivity contribution in [3.8, 4) is 11.1 Å². The first-order chi connectivity index (χ1) is 26.6. The molecule has 2 aliphatic rings.